The fourth-order valence-electron chi connectivity index (χ4n) is 3.12. The van der Waals surface area contributed by atoms with Gasteiger partial charge in [0, 0.05) is 31.6 Å². The summed E-state index contributed by atoms with van der Waals surface area (Å²) in [6, 6.07) is 6.37. The van der Waals surface area contributed by atoms with Crippen LogP contribution in [0.1, 0.15) is 34.6 Å². The average Bonchev–Trinajstić information content (AvgIpc) is 2.89. The van der Waals surface area contributed by atoms with Crippen molar-refractivity contribution in [2.24, 2.45) is 0 Å². The van der Waals surface area contributed by atoms with Crippen molar-refractivity contribution in [1.82, 2.24) is 25.3 Å². The van der Waals surface area contributed by atoms with E-state index in [0.717, 1.165) is 5.56 Å². The van der Waals surface area contributed by atoms with Crippen LogP contribution < -0.4 is 20.7 Å². The van der Waals surface area contributed by atoms with Gasteiger partial charge in [-0.15, -0.1) is 0 Å². The second-order valence-corrected chi connectivity index (χ2v) is 7.99. The zero-order valence-corrected chi connectivity index (χ0v) is 20.2. The minimum atomic E-state index is -0.980. The molecule has 1 aromatic carbocycles. The Labute approximate surface area is 212 Å². The summed E-state index contributed by atoms with van der Waals surface area (Å²) in [6.45, 7) is 0.0721. The highest BCUT2D eigenvalue weighted by molar-refractivity contribution is 6.32. The van der Waals surface area contributed by atoms with Gasteiger partial charge in [0.05, 0.1) is 31.3 Å². The van der Waals surface area contributed by atoms with Crippen LogP contribution in [0.5, 0.6) is 5.75 Å². The Kier molecular flexibility index (Phi) is 9.72. The lowest BCUT2D eigenvalue weighted by molar-refractivity contribution is -0.137. The number of aliphatic hydroxyl groups excluding tert-OH is 1. The third-order valence-electron chi connectivity index (χ3n) is 5.00. The number of nitrogens with zero attached hydrogens (tertiary/aromatic N) is 4. The van der Waals surface area contributed by atoms with Crippen LogP contribution >= 0.6 is 11.6 Å². The fraction of sp³-hybridized carbons (Fsp3) is 0.304. The van der Waals surface area contributed by atoms with E-state index in [1.807, 2.05) is 6.07 Å². The second kappa shape index (κ2) is 13.2. The zero-order valence-electron chi connectivity index (χ0n) is 19.4. The van der Waals surface area contributed by atoms with Crippen LogP contribution in [-0.2, 0) is 17.9 Å². The molecule has 2 heterocycles. The van der Waals surface area contributed by atoms with Gasteiger partial charge in [0.2, 0.25) is 5.95 Å². The number of ether oxygens (including phenoxy) is 1. The number of benzene rings is 1. The average molecular weight is 516 g/mol. The SMILES string of the molecule is COc1ccc(CNc2nc(N[C@H](CO)CCC(=O)O)ncc2C(=O)NCc2ncccn2)cc1Cl. The highest BCUT2D eigenvalue weighted by atomic mass is 35.5. The molecule has 0 aliphatic carbocycles. The molecule has 0 aliphatic rings. The number of carboxylic acids is 1. The van der Waals surface area contributed by atoms with Crippen molar-refractivity contribution in [3.63, 3.8) is 0 Å². The van der Waals surface area contributed by atoms with Crippen molar-refractivity contribution in [2.45, 2.75) is 32.0 Å². The lowest BCUT2D eigenvalue weighted by Gasteiger charge is -2.17. The number of aliphatic carboxylic acids is 1. The van der Waals surface area contributed by atoms with E-state index in [-0.39, 0.29) is 49.9 Å². The maximum absolute atomic E-state index is 12.9. The molecular weight excluding hydrogens is 490 g/mol. The maximum atomic E-state index is 12.9. The highest BCUT2D eigenvalue weighted by Crippen LogP contribution is 2.25. The molecule has 1 amide bonds. The van der Waals surface area contributed by atoms with Gasteiger partial charge < -0.3 is 30.9 Å². The molecule has 190 valence electrons. The lowest BCUT2D eigenvalue weighted by Crippen LogP contribution is -2.28. The van der Waals surface area contributed by atoms with E-state index >= 15 is 0 Å². The number of carboxylic acid groups (broad SMARTS) is 1. The number of amides is 1. The van der Waals surface area contributed by atoms with Gasteiger partial charge in [0.15, 0.2) is 0 Å². The number of carbonyl (C=O) groups is 2. The monoisotopic (exact) mass is 515 g/mol. The number of anilines is 2. The molecule has 13 heteroatoms. The summed E-state index contributed by atoms with van der Waals surface area (Å²) in [5.74, 6) is -0.108. The number of nitrogens with one attached hydrogen (secondary N) is 3. The predicted molar refractivity (Wildman–Crippen MR) is 132 cm³/mol. The van der Waals surface area contributed by atoms with Crippen molar-refractivity contribution in [3.05, 3.63) is 64.8 Å². The maximum Gasteiger partial charge on any atom is 0.303 e. The Bertz CT molecular complexity index is 1180. The van der Waals surface area contributed by atoms with E-state index in [0.29, 0.717) is 16.6 Å². The minimum Gasteiger partial charge on any atom is -0.495 e. The van der Waals surface area contributed by atoms with Crippen molar-refractivity contribution in [3.8, 4) is 5.75 Å². The smallest absolute Gasteiger partial charge is 0.303 e. The normalized spacial score (nSPS) is 11.4. The van der Waals surface area contributed by atoms with E-state index in [4.69, 9.17) is 21.4 Å². The van der Waals surface area contributed by atoms with E-state index < -0.39 is 17.9 Å². The largest absolute Gasteiger partial charge is 0.495 e. The van der Waals surface area contributed by atoms with E-state index in [2.05, 4.69) is 35.9 Å². The molecular formula is C23H26ClN7O5. The summed E-state index contributed by atoms with van der Waals surface area (Å²) < 4.78 is 5.17. The van der Waals surface area contributed by atoms with Crippen LogP contribution in [0.2, 0.25) is 5.02 Å². The number of hydrogen-bond donors (Lipinski definition) is 5. The molecule has 0 radical (unpaired) electrons. The van der Waals surface area contributed by atoms with Gasteiger partial charge in [-0.2, -0.15) is 4.98 Å². The number of hydrogen-bond acceptors (Lipinski definition) is 10. The highest BCUT2D eigenvalue weighted by Gasteiger charge is 2.18. The molecule has 0 fully saturated rings. The third-order valence-corrected chi connectivity index (χ3v) is 5.29. The van der Waals surface area contributed by atoms with Crippen LogP contribution in [-0.4, -0.2) is 61.8 Å². The first-order valence-electron chi connectivity index (χ1n) is 11.0. The van der Waals surface area contributed by atoms with Crippen LogP contribution in [0.3, 0.4) is 0 Å². The number of rotatable bonds is 13. The summed E-state index contributed by atoms with van der Waals surface area (Å²) >= 11 is 6.21. The molecule has 0 spiro atoms. The summed E-state index contributed by atoms with van der Waals surface area (Å²) in [7, 11) is 1.52. The Morgan fingerprint density at radius 1 is 1.17 bits per heavy atom. The third kappa shape index (κ3) is 7.75. The predicted octanol–water partition coefficient (Wildman–Crippen LogP) is 2.11. The molecule has 2 aromatic heterocycles. The Morgan fingerprint density at radius 2 is 1.94 bits per heavy atom. The van der Waals surface area contributed by atoms with Crippen molar-refractivity contribution < 1.29 is 24.5 Å². The van der Waals surface area contributed by atoms with E-state index in [9.17, 15) is 14.7 Å². The van der Waals surface area contributed by atoms with Gasteiger partial charge in [0.25, 0.3) is 5.91 Å². The van der Waals surface area contributed by atoms with Crippen LogP contribution in [0, 0.1) is 0 Å². The number of aromatic nitrogens is 4. The molecule has 3 aromatic rings. The molecule has 1 atom stereocenters. The van der Waals surface area contributed by atoms with Gasteiger partial charge in [0.1, 0.15) is 23.0 Å². The topological polar surface area (TPSA) is 171 Å². The summed E-state index contributed by atoms with van der Waals surface area (Å²) in [5.41, 5.74) is 0.981. The lowest BCUT2D eigenvalue weighted by atomic mass is 10.1. The molecule has 0 saturated carbocycles. The van der Waals surface area contributed by atoms with Gasteiger partial charge in [-0.05, 0) is 30.2 Å². The van der Waals surface area contributed by atoms with Gasteiger partial charge in [-0.25, -0.2) is 15.0 Å². The Balaban J connectivity index is 1.79. The Morgan fingerprint density at radius 3 is 2.61 bits per heavy atom. The van der Waals surface area contributed by atoms with Gasteiger partial charge in [-0.1, -0.05) is 17.7 Å². The quantitative estimate of drug-likeness (QED) is 0.226. The van der Waals surface area contributed by atoms with E-state index in [1.54, 1.807) is 30.6 Å². The zero-order chi connectivity index (χ0) is 25.9. The van der Waals surface area contributed by atoms with E-state index in [1.165, 1.54) is 13.3 Å². The number of carbonyl (C=O) groups excluding carboxylic acids is 1. The first kappa shape index (κ1) is 26.6. The molecule has 0 saturated heterocycles. The Hall–Kier alpha value is -4.03. The summed E-state index contributed by atoms with van der Waals surface area (Å²) in [6.07, 6.45) is 4.52. The molecule has 0 aliphatic heterocycles. The molecule has 5 N–H and O–H groups in total. The fourth-order valence-corrected chi connectivity index (χ4v) is 3.40. The molecule has 12 nitrogen and oxygen atoms in total. The van der Waals surface area contributed by atoms with Crippen LogP contribution in [0.15, 0.2) is 42.9 Å². The van der Waals surface area contributed by atoms with Crippen LogP contribution in [0.25, 0.3) is 0 Å². The number of methoxy groups -OCH3 is 1. The second-order valence-electron chi connectivity index (χ2n) is 7.58. The van der Waals surface area contributed by atoms with Crippen molar-refractivity contribution >= 4 is 35.2 Å². The first-order chi connectivity index (χ1) is 17.4. The standard InChI is InChI=1S/C23H26ClN7O5/c1-36-18-5-3-14(9-17(18)24)10-27-21-16(22(35)28-12-19-25-7-2-8-26-19)11-29-23(31-21)30-15(13-32)4-6-20(33)34/h2-3,5,7-9,11,15,32H,4,6,10,12-13H2,1H3,(H,28,35)(H,33,34)(H2,27,29,30,31)/t15-/m0/s1. The van der Waals surface area contributed by atoms with Gasteiger partial charge in [-0.3, -0.25) is 9.59 Å². The minimum absolute atomic E-state index is 0.106. The molecule has 0 unspecified atom stereocenters. The molecule has 36 heavy (non-hydrogen) atoms. The number of halogens is 1. The first-order valence-corrected chi connectivity index (χ1v) is 11.3. The number of aliphatic hydroxyl groups is 1. The molecule has 0 bridgehead atoms. The summed E-state index contributed by atoms with van der Waals surface area (Å²) in [5, 5.41) is 27.7. The van der Waals surface area contributed by atoms with Crippen molar-refractivity contribution in [2.75, 3.05) is 24.4 Å². The summed E-state index contributed by atoms with van der Waals surface area (Å²) in [4.78, 5) is 40.5. The van der Waals surface area contributed by atoms with Gasteiger partial charge >= 0.3 is 5.97 Å². The van der Waals surface area contributed by atoms with Crippen molar-refractivity contribution in [1.29, 1.82) is 0 Å². The molecule has 3 rings (SSSR count). The van der Waals surface area contributed by atoms with Crippen LogP contribution in [0.4, 0.5) is 11.8 Å².